The predicted octanol–water partition coefficient (Wildman–Crippen LogP) is 9.12. The minimum atomic E-state index is -0.793. The summed E-state index contributed by atoms with van der Waals surface area (Å²) in [5, 5.41) is 16.8. The largest absolute Gasteiger partial charge is 0.445 e. The van der Waals surface area contributed by atoms with E-state index in [9.17, 15) is 28.8 Å². The van der Waals surface area contributed by atoms with Crippen LogP contribution in [0.3, 0.4) is 0 Å². The molecule has 4 aromatic carbocycles. The number of nitrogens with one attached hydrogen (secondary N) is 6. The zero-order valence-corrected chi connectivity index (χ0v) is 40.3. The van der Waals surface area contributed by atoms with Crippen molar-refractivity contribution < 1.29 is 47.7 Å². The average Bonchev–Trinajstić information content (AvgIpc) is 3.38. The first-order valence-electron chi connectivity index (χ1n) is 24.6. The summed E-state index contributed by atoms with van der Waals surface area (Å²) in [6.07, 6.45) is 8.25. The van der Waals surface area contributed by atoms with Crippen LogP contribution in [0.2, 0.25) is 0 Å². The average molecular weight is 965 g/mol. The Morgan fingerprint density at radius 3 is 0.886 bits per heavy atom. The molecule has 4 aromatic rings. The van der Waals surface area contributed by atoms with Crippen molar-refractivity contribution in [3.63, 3.8) is 0 Å². The van der Waals surface area contributed by atoms with Crippen LogP contribution < -0.4 is 31.9 Å². The Kier molecular flexibility index (Phi) is 27.8. The van der Waals surface area contributed by atoms with Crippen LogP contribution in [0.15, 0.2) is 121 Å². The molecule has 70 heavy (non-hydrogen) atoms. The van der Waals surface area contributed by atoms with E-state index >= 15 is 0 Å². The predicted molar refractivity (Wildman–Crippen MR) is 267 cm³/mol. The lowest BCUT2D eigenvalue weighted by Gasteiger charge is -2.18. The van der Waals surface area contributed by atoms with Gasteiger partial charge in [-0.2, -0.15) is 0 Å². The Morgan fingerprint density at radius 1 is 0.314 bits per heavy atom. The Balaban J connectivity index is 1.07. The number of ether oxygens (including phenoxy) is 4. The van der Waals surface area contributed by atoms with Crippen LogP contribution in [0.4, 0.5) is 19.2 Å². The van der Waals surface area contributed by atoms with E-state index in [2.05, 4.69) is 31.9 Å². The number of amides is 6. The first-order valence-corrected chi connectivity index (χ1v) is 24.6. The van der Waals surface area contributed by atoms with Gasteiger partial charge in [-0.1, -0.05) is 160 Å². The van der Waals surface area contributed by atoms with E-state index < -0.39 is 36.5 Å². The molecule has 0 bridgehead atoms. The normalized spacial score (nSPS) is 11.5. The van der Waals surface area contributed by atoms with Gasteiger partial charge >= 0.3 is 24.4 Å². The number of hydrogen-bond acceptors (Lipinski definition) is 10. The minimum absolute atomic E-state index is 0.0825. The molecule has 0 fully saturated rings. The van der Waals surface area contributed by atoms with E-state index in [4.69, 9.17) is 18.9 Å². The maximum atomic E-state index is 13.2. The molecule has 6 N–H and O–H groups in total. The Bertz CT molecular complexity index is 1930. The van der Waals surface area contributed by atoms with Gasteiger partial charge in [0.15, 0.2) is 0 Å². The van der Waals surface area contributed by atoms with Crippen LogP contribution in [-0.4, -0.2) is 74.5 Å². The summed E-state index contributed by atoms with van der Waals surface area (Å²) < 4.78 is 21.3. The molecule has 16 heteroatoms. The summed E-state index contributed by atoms with van der Waals surface area (Å²) in [6.45, 7) is 2.20. The van der Waals surface area contributed by atoms with Crippen LogP contribution in [0.5, 0.6) is 0 Å². The molecule has 0 saturated carbocycles. The van der Waals surface area contributed by atoms with Gasteiger partial charge in [-0.05, 0) is 73.6 Å². The maximum absolute atomic E-state index is 13.2. The molecule has 0 heterocycles. The van der Waals surface area contributed by atoms with E-state index in [-0.39, 0.29) is 38.2 Å². The molecule has 0 saturated heterocycles. The molecule has 16 nitrogen and oxygen atoms in total. The van der Waals surface area contributed by atoms with Crippen molar-refractivity contribution in [3.05, 3.63) is 144 Å². The molecule has 0 aliphatic carbocycles. The van der Waals surface area contributed by atoms with Gasteiger partial charge < -0.3 is 50.8 Å². The second-order valence-electron chi connectivity index (χ2n) is 16.9. The fraction of sp³-hybridized carbons (Fsp3) is 0.444. The summed E-state index contributed by atoms with van der Waals surface area (Å²) in [4.78, 5) is 76.0. The van der Waals surface area contributed by atoms with Crippen LogP contribution in [0.1, 0.15) is 112 Å². The highest BCUT2D eigenvalue weighted by atomic mass is 16.6. The molecule has 0 aliphatic rings. The highest BCUT2D eigenvalue weighted by Crippen LogP contribution is 2.11. The van der Waals surface area contributed by atoms with E-state index in [0.29, 0.717) is 64.7 Å². The fourth-order valence-corrected chi connectivity index (χ4v) is 7.21. The molecule has 0 spiro atoms. The Labute approximate surface area is 412 Å². The topological polar surface area (TPSA) is 212 Å². The minimum Gasteiger partial charge on any atom is -0.445 e. The van der Waals surface area contributed by atoms with Crippen molar-refractivity contribution in [2.75, 3.05) is 26.2 Å². The lowest BCUT2D eigenvalue weighted by molar-refractivity contribution is -0.124. The molecule has 2 atom stereocenters. The van der Waals surface area contributed by atoms with E-state index in [1.54, 1.807) is 0 Å². The Hall–Kier alpha value is -7.10. The molecule has 378 valence electrons. The number of rotatable bonds is 33. The van der Waals surface area contributed by atoms with Gasteiger partial charge in [-0.25, -0.2) is 19.2 Å². The summed E-state index contributed by atoms with van der Waals surface area (Å²) in [7, 11) is 0. The van der Waals surface area contributed by atoms with Crippen molar-refractivity contribution in [3.8, 4) is 0 Å². The number of hydrogen-bond donors (Lipinski definition) is 6. The number of carbonyl (C=O) groups is 6. The van der Waals surface area contributed by atoms with Crippen LogP contribution >= 0.6 is 0 Å². The van der Waals surface area contributed by atoms with E-state index in [1.165, 1.54) is 0 Å². The number of benzene rings is 4. The zero-order valence-electron chi connectivity index (χ0n) is 40.3. The second-order valence-corrected chi connectivity index (χ2v) is 16.9. The molecular formula is C54H72N6O10. The van der Waals surface area contributed by atoms with Crippen molar-refractivity contribution >= 4 is 36.2 Å². The molecule has 4 rings (SSSR count). The molecule has 0 radical (unpaired) electrons. The van der Waals surface area contributed by atoms with Gasteiger partial charge in [-0.15, -0.1) is 0 Å². The summed E-state index contributed by atoms with van der Waals surface area (Å²) in [6, 6.07) is 35.8. The molecular weight excluding hydrogens is 893 g/mol. The highest BCUT2D eigenvalue weighted by Gasteiger charge is 2.22. The van der Waals surface area contributed by atoms with Gasteiger partial charge in [0.25, 0.3) is 0 Å². The van der Waals surface area contributed by atoms with Gasteiger partial charge in [0.05, 0.1) is 0 Å². The third-order valence-corrected chi connectivity index (χ3v) is 11.1. The van der Waals surface area contributed by atoms with Crippen molar-refractivity contribution in [2.45, 2.75) is 128 Å². The van der Waals surface area contributed by atoms with Gasteiger partial charge in [0, 0.05) is 26.2 Å². The summed E-state index contributed by atoms with van der Waals surface area (Å²) in [5.41, 5.74) is 3.45. The molecule has 0 aliphatic heterocycles. The number of unbranched alkanes of at least 4 members (excludes halogenated alkanes) is 9. The third-order valence-electron chi connectivity index (χ3n) is 11.1. The van der Waals surface area contributed by atoms with Gasteiger partial charge in [0.2, 0.25) is 11.8 Å². The molecule has 0 aromatic heterocycles. The van der Waals surface area contributed by atoms with Gasteiger partial charge in [-0.3, -0.25) is 9.59 Å². The van der Waals surface area contributed by atoms with E-state index in [0.717, 1.165) is 73.6 Å². The molecule has 6 amide bonds. The first kappa shape index (κ1) is 55.5. The van der Waals surface area contributed by atoms with Crippen LogP contribution in [0, 0.1) is 0 Å². The van der Waals surface area contributed by atoms with Crippen molar-refractivity contribution in [2.24, 2.45) is 0 Å². The van der Waals surface area contributed by atoms with Crippen LogP contribution in [0.25, 0.3) is 0 Å². The lowest BCUT2D eigenvalue weighted by atomic mass is 10.1. The van der Waals surface area contributed by atoms with Crippen LogP contribution in [-0.2, 0) is 55.0 Å². The monoisotopic (exact) mass is 965 g/mol. The summed E-state index contributed by atoms with van der Waals surface area (Å²) in [5.74, 6) is -0.564. The van der Waals surface area contributed by atoms with E-state index in [1.807, 2.05) is 121 Å². The second kappa shape index (κ2) is 35.1. The van der Waals surface area contributed by atoms with Crippen molar-refractivity contribution in [1.82, 2.24) is 31.9 Å². The highest BCUT2D eigenvalue weighted by molar-refractivity contribution is 5.86. The number of alkyl carbamates (subject to hydrolysis) is 4. The Morgan fingerprint density at radius 2 is 0.571 bits per heavy atom. The van der Waals surface area contributed by atoms with Gasteiger partial charge in [0.1, 0.15) is 38.5 Å². The van der Waals surface area contributed by atoms with Crippen molar-refractivity contribution in [1.29, 1.82) is 0 Å². The third kappa shape index (κ3) is 25.9. The SMILES string of the molecule is O=C(NCCCC[C@H](NC(=O)OCc1ccccc1)C(=O)NCCCCCCCCCCNC(=O)[C@@H](CCCCNC(=O)OCc1ccccc1)NC(=O)OCc1ccccc1)OCc1ccccc1. The standard InChI is InChI=1S/C54H72N6O10/c61-49(47(59-53(65)69-41-45-29-15-9-16-30-45)33-19-23-37-57-51(63)67-39-43-25-11-7-12-26-43)55-35-21-5-3-1-2-4-6-22-36-56-50(62)48(60-54(66)70-42-46-31-17-10-18-32-46)34-20-24-38-58-52(64)68-40-44-27-13-8-14-28-44/h7-18,25-32,47-48H,1-6,19-24,33-42H2,(H,55,61)(H,56,62)(H,57,63)(H,58,64)(H,59,65)(H,60,66)/t47-,48+. The lowest BCUT2D eigenvalue weighted by Crippen LogP contribution is -2.47. The maximum Gasteiger partial charge on any atom is 0.408 e. The first-order chi connectivity index (χ1) is 34.2. The smallest absolute Gasteiger partial charge is 0.408 e. The quantitative estimate of drug-likeness (QED) is 0.0197. The number of carbonyl (C=O) groups excluding carboxylic acids is 6. The zero-order chi connectivity index (χ0) is 49.7. The fourth-order valence-electron chi connectivity index (χ4n) is 7.21. The molecule has 0 unspecified atom stereocenters. The summed E-state index contributed by atoms with van der Waals surface area (Å²) >= 11 is 0.